The standard InChI is InChI=1S/C17H23NO3/c1-12(2)11-15(17(20)21)18-16(19)6-4-5-14-9-7-13(3)8-10-14/h4-5,7-10,12,15H,6,11H2,1-3H3,(H,18,19)(H,20,21)/b5-4+. The summed E-state index contributed by atoms with van der Waals surface area (Å²) in [5, 5.41) is 11.6. The van der Waals surface area contributed by atoms with Gasteiger partial charge in [-0.25, -0.2) is 4.79 Å². The molecule has 0 aliphatic rings. The molecule has 0 saturated heterocycles. The summed E-state index contributed by atoms with van der Waals surface area (Å²) in [5.74, 6) is -1.04. The molecule has 4 nitrogen and oxygen atoms in total. The van der Waals surface area contributed by atoms with Gasteiger partial charge in [-0.05, 0) is 24.8 Å². The van der Waals surface area contributed by atoms with Gasteiger partial charge in [0.25, 0.3) is 0 Å². The fourth-order valence-electron chi connectivity index (χ4n) is 1.93. The van der Waals surface area contributed by atoms with Crippen molar-refractivity contribution in [2.24, 2.45) is 5.92 Å². The topological polar surface area (TPSA) is 66.4 Å². The second kappa shape index (κ2) is 8.25. The highest BCUT2D eigenvalue weighted by atomic mass is 16.4. The van der Waals surface area contributed by atoms with Crippen LogP contribution in [0.15, 0.2) is 30.3 Å². The summed E-state index contributed by atoms with van der Waals surface area (Å²) in [6.07, 6.45) is 4.21. The molecule has 1 atom stereocenters. The SMILES string of the molecule is Cc1ccc(/C=C/CC(=O)NC(CC(C)C)C(=O)O)cc1. The van der Waals surface area contributed by atoms with Gasteiger partial charge in [-0.1, -0.05) is 55.8 Å². The summed E-state index contributed by atoms with van der Waals surface area (Å²) in [7, 11) is 0. The first kappa shape index (κ1) is 17.0. The van der Waals surface area contributed by atoms with Crippen LogP contribution in [0.2, 0.25) is 0 Å². The lowest BCUT2D eigenvalue weighted by Gasteiger charge is -2.15. The van der Waals surface area contributed by atoms with E-state index in [1.165, 1.54) is 5.56 Å². The summed E-state index contributed by atoms with van der Waals surface area (Å²) < 4.78 is 0. The van der Waals surface area contributed by atoms with Crippen LogP contribution < -0.4 is 5.32 Å². The number of aliphatic carboxylic acids is 1. The van der Waals surface area contributed by atoms with Gasteiger partial charge in [0.2, 0.25) is 5.91 Å². The number of benzene rings is 1. The third-order valence-corrected chi connectivity index (χ3v) is 3.03. The van der Waals surface area contributed by atoms with Crippen molar-refractivity contribution >= 4 is 18.0 Å². The van der Waals surface area contributed by atoms with Crippen LogP contribution in [-0.2, 0) is 9.59 Å². The average molecular weight is 289 g/mol. The smallest absolute Gasteiger partial charge is 0.326 e. The lowest BCUT2D eigenvalue weighted by Crippen LogP contribution is -2.41. The molecule has 0 heterocycles. The normalized spacial score (nSPS) is 12.6. The van der Waals surface area contributed by atoms with Crippen molar-refractivity contribution in [1.82, 2.24) is 5.32 Å². The Morgan fingerprint density at radius 1 is 1.24 bits per heavy atom. The molecule has 0 aliphatic carbocycles. The number of carboxylic acid groups (broad SMARTS) is 1. The minimum absolute atomic E-state index is 0.176. The molecular weight excluding hydrogens is 266 g/mol. The zero-order valence-electron chi connectivity index (χ0n) is 12.8. The largest absolute Gasteiger partial charge is 0.480 e. The van der Waals surface area contributed by atoms with Gasteiger partial charge in [-0.15, -0.1) is 0 Å². The van der Waals surface area contributed by atoms with Crippen molar-refractivity contribution in [2.75, 3.05) is 0 Å². The highest BCUT2D eigenvalue weighted by molar-refractivity contribution is 5.84. The molecule has 0 saturated carbocycles. The molecule has 114 valence electrons. The molecule has 21 heavy (non-hydrogen) atoms. The predicted octanol–water partition coefficient (Wildman–Crippen LogP) is 3.01. The van der Waals surface area contributed by atoms with Gasteiger partial charge in [0.1, 0.15) is 6.04 Å². The molecular formula is C17H23NO3. The van der Waals surface area contributed by atoms with E-state index in [1.807, 2.05) is 51.1 Å². The van der Waals surface area contributed by atoms with Gasteiger partial charge >= 0.3 is 5.97 Å². The number of carbonyl (C=O) groups is 2. The Hall–Kier alpha value is -2.10. The van der Waals surface area contributed by atoms with Crippen molar-refractivity contribution in [2.45, 2.75) is 39.7 Å². The van der Waals surface area contributed by atoms with Gasteiger partial charge in [0.05, 0.1) is 0 Å². The van der Waals surface area contributed by atoms with Gasteiger partial charge in [0, 0.05) is 6.42 Å². The van der Waals surface area contributed by atoms with Gasteiger partial charge in [0.15, 0.2) is 0 Å². The summed E-state index contributed by atoms with van der Waals surface area (Å²) in [4.78, 5) is 22.8. The van der Waals surface area contributed by atoms with E-state index in [4.69, 9.17) is 5.11 Å². The van der Waals surface area contributed by atoms with Crippen LogP contribution in [0.25, 0.3) is 6.08 Å². The highest BCUT2D eigenvalue weighted by Crippen LogP contribution is 2.07. The van der Waals surface area contributed by atoms with Crippen LogP contribution in [-0.4, -0.2) is 23.0 Å². The summed E-state index contributed by atoms with van der Waals surface area (Å²) in [6.45, 7) is 5.88. The Kier molecular flexibility index (Phi) is 6.66. The number of hydrogen-bond acceptors (Lipinski definition) is 2. The Morgan fingerprint density at radius 3 is 2.38 bits per heavy atom. The Balaban J connectivity index is 2.48. The fourth-order valence-corrected chi connectivity index (χ4v) is 1.93. The molecule has 4 heteroatoms. The molecule has 1 aromatic rings. The number of rotatable bonds is 7. The third-order valence-electron chi connectivity index (χ3n) is 3.03. The Morgan fingerprint density at radius 2 is 1.86 bits per heavy atom. The van der Waals surface area contributed by atoms with Crippen LogP contribution in [0.4, 0.5) is 0 Å². The second-order valence-corrected chi connectivity index (χ2v) is 5.61. The van der Waals surface area contributed by atoms with Gasteiger partial charge in [-0.2, -0.15) is 0 Å². The zero-order chi connectivity index (χ0) is 15.8. The molecule has 1 rings (SSSR count). The minimum Gasteiger partial charge on any atom is -0.480 e. The lowest BCUT2D eigenvalue weighted by atomic mass is 10.0. The van der Waals surface area contributed by atoms with E-state index in [1.54, 1.807) is 6.08 Å². The highest BCUT2D eigenvalue weighted by Gasteiger charge is 2.20. The maximum absolute atomic E-state index is 11.8. The van der Waals surface area contributed by atoms with Crippen LogP contribution in [0.5, 0.6) is 0 Å². The van der Waals surface area contributed by atoms with Crippen LogP contribution in [0, 0.1) is 12.8 Å². The molecule has 0 aliphatic heterocycles. The van der Waals surface area contributed by atoms with Crippen molar-refractivity contribution < 1.29 is 14.7 Å². The number of aryl methyl sites for hydroxylation is 1. The van der Waals surface area contributed by atoms with E-state index < -0.39 is 12.0 Å². The summed E-state index contributed by atoms with van der Waals surface area (Å²) in [6, 6.07) is 7.14. The van der Waals surface area contributed by atoms with Gasteiger partial charge < -0.3 is 10.4 Å². The number of amides is 1. The van der Waals surface area contributed by atoms with E-state index in [0.717, 1.165) is 5.56 Å². The minimum atomic E-state index is -0.987. The first-order valence-electron chi connectivity index (χ1n) is 7.14. The van der Waals surface area contributed by atoms with E-state index in [2.05, 4.69) is 5.32 Å². The van der Waals surface area contributed by atoms with Crippen molar-refractivity contribution in [3.8, 4) is 0 Å². The Bertz CT molecular complexity index is 503. The van der Waals surface area contributed by atoms with Crippen LogP contribution in [0.1, 0.15) is 37.8 Å². The molecule has 0 bridgehead atoms. The predicted molar refractivity (Wildman–Crippen MR) is 83.9 cm³/mol. The number of carbonyl (C=O) groups excluding carboxylic acids is 1. The maximum atomic E-state index is 11.8. The maximum Gasteiger partial charge on any atom is 0.326 e. The number of nitrogens with one attached hydrogen (secondary N) is 1. The quantitative estimate of drug-likeness (QED) is 0.811. The molecule has 0 aromatic heterocycles. The molecule has 1 amide bonds. The van der Waals surface area contributed by atoms with Crippen LogP contribution in [0.3, 0.4) is 0 Å². The molecule has 1 unspecified atom stereocenters. The Labute approximate surface area is 125 Å². The van der Waals surface area contributed by atoms with E-state index in [-0.39, 0.29) is 18.2 Å². The first-order valence-corrected chi connectivity index (χ1v) is 7.14. The van der Waals surface area contributed by atoms with E-state index >= 15 is 0 Å². The zero-order valence-corrected chi connectivity index (χ0v) is 12.8. The van der Waals surface area contributed by atoms with Crippen molar-refractivity contribution in [1.29, 1.82) is 0 Å². The first-order chi connectivity index (χ1) is 9.88. The average Bonchev–Trinajstić information content (AvgIpc) is 2.39. The van der Waals surface area contributed by atoms with E-state index in [9.17, 15) is 9.59 Å². The molecule has 1 aromatic carbocycles. The molecule has 2 N–H and O–H groups in total. The summed E-state index contributed by atoms with van der Waals surface area (Å²) in [5.41, 5.74) is 2.20. The molecule has 0 fully saturated rings. The molecule has 0 spiro atoms. The van der Waals surface area contributed by atoms with Crippen LogP contribution >= 0.6 is 0 Å². The lowest BCUT2D eigenvalue weighted by molar-refractivity contribution is -0.142. The summed E-state index contributed by atoms with van der Waals surface area (Å²) >= 11 is 0. The third kappa shape index (κ3) is 6.75. The fraction of sp³-hybridized carbons (Fsp3) is 0.412. The monoisotopic (exact) mass is 289 g/mol. The number of hydrogen-bond donors (Lipinski definition) is 2. The van der Waals surface area contributed by atoms with Crippen molar-refractivity contribution in [3.63, 3.8) is 0 Å². The van der Waals surface area contributed by atoms with E-state index in [0.29, 0.717) is 6.42 Å². The molecule has 0 radical (unpaired) electrons. The van der Waals surface area contributed by atoms with Crippen molar-refractivity contribution in [3.05, 3.63) is 41.5 Å². The number of carboxylic acids is 1. The second-order valence-electron chi connectivity index (χ2n) is 5.61. The van der Waals surface area contributed by atoms with Gasteiger partial charge in [-0.3, -0.25) is 4.79 Å².